The molecule has 0 aliphatic rings. The number of fused-ring (bicyclic) bond motifs is 1. The van der Waals surface area contributed by atoms with Crippen molar-refractivity contribution in [1.29, 1.82) is 0 Å². The number of amides is 1. The van der Waals surface area contributed by atoms with E-state index < -0.39 is 16.6 Å². The molecule has 3 rings (SSSR count). The first-order chi connectivity index (χ1) is 12.7. The SMILES string of the molecule is Cn1nc2ccc(Oc3c(Br)cc([N+](=O)[O-])cc3Br)cc2c1C(=O)C(N)=O. The average molecular weight is 498 g/mol. The molecule has 0 radical (unpaired) electrons. The molecule has 0 bridgehead atoms. The largest absolute Gasteiger partial charge is 0.455 e. The minimum absolute atomic E-state index is 0.0461. The van der Waals surface area contributed by atoms with Crippen LogP contribution in [-0.2, 0) is 11.8 Å². The van der Waals surface area contributed by atoms with Gasteiger partial charge in [-0.25, -0.2) is 0 Å². The van der Waals surface area contributed by atoms with Crippen LogP contribution in [-0.4, -0.2) is 26.4 Å². The molecular weight excluding hydrogens is 488 g/mol. The summed E-state index contributed by atoms with van der Waals surface area (Å²) in [6, 6.07) is 7.40. The predicted octanol–water partition coefficient (Wildman–Crippen LogP) is 3.47. The van der Waals surface area contributed by atoms with Crippen LogP contribution in [0, 0.1) is 10.1 Å². The quantitative estimate of drug-likeness (QED) is 0.248. The smallest absolute Gasteiger partial charge is 0.291 e. The van der Waals surface area contributed by atoms with Crippen LogP contribution in [0.1, 0.15) is 10.5 Å². The lowest BCUT2D eigenvalue weighted by Crippen LogP contribution is -2.25. The van der Waals surface area contributed by atoms with Crippen LogP contribution in [0.4, 0.5) is 5.69 Å². The van der Waals surface area contributed by atoms with E-state index in [1.807, 2.05) is 0 Å². The number of nitro groups is 1. The first kappa shape index (κ1) is 19.0. The number of nitrogens with zero attached hydrogens (tertiary/aromatic N) is 3. The number of primary amides is 1. The van der Waals surface area contributed by atoms with Crippen LogP contribution < -0.4 is 10.5 Å². The van der Waals surface area contributed by atoms with E-state index >= 15 is 0 Å². The van der Waals surface area contributed by atoms with Crippen molar-refractivity contribution in [3.63, 3.8) is 0 Å². The number of benzene rings is 2. The van der Waals surface area contributed by atoms with Crippen molar-refractivity contribution in [3.8, 4) is 11.5 Å². The van der Waals surface area contributed by atoms with Crippen LogP contribution in [0.15, 0.2) is 39.3 Å². The van der Waals surface area contributed by atoms with Gasteiger partial charge in [0.2, 0.25) is 0 Å². The molecule has 0 saturated heterocycles. The third-order valence-corrected chi connectivity index (χ3v) is 4.84. The van der Waals surface area contributed by atoms with Crippen molar-refractivity contribution < 1.29 is 19.2 Å². The van der Waals surface area contributed by atoms with Gasteiger partial charge < -0.3 is 10.5 Å². The summed E-state index contributed by atoms with van der Waals surface area (Å²) in [4.78, 5) is 33.7. The monoisotopic (exact) mass is 496 g/mol. The van der Waals surface area contributed by atoms with Crippen LogP contribution in [0.2, 0.25) is 0 Å². The molecule has 0 aliphatic carbocycles. The lowest BCUT2D eigenvalue weighted by atomic mass is 10.1. The fraction of sp³-hybridized carbons (Fsp3) is 0.0625. The summed E-state index contributed by atoms with van der Waals surface area (Å²) < 4.78 is 7.81. The summed E-state index contributed by atoms with van der Waals surface area (Å²) in [7, 11) is 1.53. The highest BCUT2D eigenvalue weighted by molar-refractivity contribution is 9.11. The highest BCUT2D eigenvalue weighted by atomic mass is 79.9. The van der Waals surface area contributed by atoms with E-state index in [9.17, 15) is 19.7 Å². The van der Waals surface area contributed by atoms with Crippen molar-refractivity contribution in [3.05, 3.63) is 55.1 Å². The molecule has 9 nitrogen and oxygen atoms in total. The average Bonchev–Trinajstić information content (AvgIpc) is 2.92. The Morgan fingerprint density at radius 1 is 1.22 bits per heavy atom. The number of non-ortho nitro benzene ring substituents is 1. The molecule has 0 aliphatic heterocycles. The number of ketones is 1. The molecule has 0 fully saturated rings. The van der Waals surface area contributed by atoms with Gasteiger partial charge in [0, 0.05) is 24.6 Å². The molecule has 0 unspecified atom stereocenters. The lowest BCUT2D eigenvalue weighted by molar-refractivity contribution is -0.385. The number of aromatic nitrogens is 2. The number of carbonyl (C=O) groups excluding carboxylic acids is 2. The third kappa shape index (κ3) is 3.55. The molecule has 1 aromatic heterocycles. The second-order valence-corrected chi connectivity index (χ2v) is 7.15. The number of hydrogen-bond acceptors (Lipinski definition) is 6. The molecule has 27 heavy (non-hydrogen) atoms. The Kier molecular flexibility index (Phi) is 4.98. The maximum atomic E-state index is 12.1. The molecule has 11 heteroatoms. The fourth-order valence-electron chi connectivity index (χ4n) is 2.49. The number of nitrogens with two attached hydrogens (primary N) is 1. The standard InChI is InChI=1S/C16H10Br2N4O5/c1-21-13(14(23)16(19)24)9-6-8(2-3-12(9)20-21)27-15-10(17)4-7(22(25)26)5-11(15)18/h2-6H,1H3,(H2,19,24). The fourth-order valence-corrected chi connectivity index (χ4v) is 3.82. The second kappa shape index (κ2) is 7.08. The van der Waals surface area contributed by atoms with Gasteiger partial charge in [-0.2, -0.15) is 5.10 Å². The van der Waals surface area contributed by atoms with E-state index in [-0.39, 0.29) is 11.4 Å². The van der Waals surface area contributed by atoms with Gasteiger partial charge in [0.25, 0.3) is 17.4 Å². The summed E-state index contributed by atoms with van der Waals surface area (Å²) in [5, 5.41) is 15.5. The van der Waals surface area contributed by atoms with E-state index in [0.29, 0.717) is 31.3 Å². The van der Waals surface area contributed by atoms with E-state index in [2.05, 4.69) is 37.0 Å². The van der Waals surface area contributed by atoms with E-state index in [1.54, 1.807) is 18.2 Å². The molecular formula is C16H10Br2N4O5. The molecule has 2 aromatic carbocycles. The highest BCUT2D eigenvalue weighted by Gasteiger charge is 2.22. The van der Waals surface area contributed by atoms with E-state index in [0.717, 1.165) is 0 Å². The molecule has 0 saturated carbocycles. The predicted molar refractivity (Wildman–Crippen MR) is 103 cm³/mol. The zero-order valence-corrected chi connectivity index (χ0v) is 16.8. The van der Waals surface area contributed by atoms with Gasteiger partial charge in [-0.1, -0.05) is 0 Å². The van der Waals surface area contributed by atoms with Crippen LogP contribution in [0.25, 0.3) is 10.9 Å². The van der Waals surface area contributed by atoms with Gasteiger partial charge in [-0.15, -0.1) is 0 Å². The van der Waals surface area contributed by atoms with E-state index in [4.69, 9.17) is 10.5 Å². The molecule has 1 heterocycles. The maximum absolute atomic E-state index is 12.1. The van der Waals surface area contributed by atoms with Gasteiger partial charge in [0.05, 0.1) is 19.4 Å². The minimum atomic E-state index is -1.09. The number of halogens is 2. The Labute approximate surface area is 168 Å². The molecule has 138 valence electrons. The van der Waals surface area contributed by atoms with Crippen LogP contribution >= 0.6 is 31.9 Å². The summed E-state index contributed by atoms with van der Waals surface area (Å²) in [6.45, 7) is 0. The highest BCUT2D eigenvalue weighted by Crippen LogP contribution is 2.40. The third-order valence-electron chi connectivity index (χ3n) is 3.66. The summed E-state index contributed by atoms with van der Waals surface area (Å²) >= 11 is 6.49. The molecule has 2 N–H and O–H groups in total. The van der Waals surface area contributed by atoms with Gasteiger partial charge in [-0.3, -0.25) is 24.4 Å². The van der Waals surface area contributed by atoms with Crippen LogP contribution in [0.3, 0.4) is 0 Å². The Morgan fingerprint density at radius 3 is 2.41 bits per heavy atom. The molecule has 0 spiro atoms. The van der Waals surface area contributed by atoms with Gasteiger partial charge >= 0.3 is 0 Å². The van der Waals surface area contributed by atoms with Crippen LogP contribution in [0.5, 0.6) is 11.5 Å². The lowest BCUT2D eigenvalue weighted by Gasteiger charge is -2.10. The number of ether oxygens (including phenoxy) is 1. The minimum Gasteiger partial charge on any atom is -0.455 e. The number of nitro benzene ring substituents is 1. The molecule has 0 atom stereocenters. The zero-order valence-electron chi connectivity index (χ0n) is 13.6. The van der Waals surface area contributed by atoms with Crippen molar-refractivity contribution in [2.24, 2.45) is 12.8 Å². The first-order valence-electron chi connectivity index (χ1n) is 7.31. The van der Waals surface area contributed by atoms with Gasteiger partial charge in [0.15, 0.2) is 5.75 Å². The molecule has 1 amide bonds. The number of aryl methyl sites for hydroxylation is 1. The summed E-state index contributed by atoms with van der Waals surface area (Å²) in [6.07, 6.45) is 0. The Hall–Kier alpha value is -2.79. The number of hydrogen-bond donors (Lipinski definition) is 1. The summed E-state index contributed by atoms with van der Waals surface area (Å²) in [5.41, 5.74) is 5.51. The Balaban J connectivity index is 2.07. The van der Waals surface area contributed by atoms with Gasteiger partial charge in [0.1, 0.15) is 11.4 Å². The van der Waals surface area contributed by atoms with Crippen molar-refractivity contribution >= 4 is 60.1 Å². The summed E-state index contributed by atoms with van der Waals surface area (Å²) in [5.74, 6) is -1.31. The van der Waals surface area contributed by atoms with E-state index in [1.165, 1.54) is 23.9 Å². The van der Waals surface area contributed by atoms with Crippen molar-refractivity contribution in [1.82, 2.24) is 9.78 Å². The topological polar surface area (TPSA) is 130 Å². The Morgan fingerprint density at radius 2 is 1.85 bits per heavy atom. The first-order valence-corrected chi connectivity index (χ1v) is 8.90. The zero-order chi connectivity index (χ0) is 19.9. The van der Waals surface area contributed by atoms with Gasteiger partial charge in [-0.05, 0) is 50.1 Å². The normalized spacial score (nSPS) is 10.8. The number of rotatable bonds is 5. The number of carbonyl (C=O) groups is 2. The molecule has 3 aromatic rings. The number of Topliss-reactive ketones (excluding diaryl/α,β-unsaturated/α-hetero) is 1. The second-order valence-electron chi connectivity index (χ2n) is 5.44. The maximum Gasteiger partial charge on any atom is 0.291 e. The van der Waals surface area contributed by atoms with Crippen molar-refractivity contribution in [2.75, 3.05) is 0 Å². The Bertz CT molecular complexity index is 1100. The van der Waals surface area contributed by atoms with Crippen molar-refractivity contribution in [2.45, 2.75) is 0 Å².